The van der Waals surface area contributed by atoms with Crippen molar-refractivity contribution in [3.63, 3.8) is 0 Å². The van der Waals surface area contributed by atoms with Gasteiger partial charge in [-0.15, -0.1) is 0 Å². The van der Waals surface area contributed by atoms with Crippen LogP contribution in [-0.4, -0.2) is 19.7 Å². The Morgan fingerprint density at radius 2 is 1.95 bits per heavy atom. The van der Waals surface area contributed by atoms with E-state index in [2.05, 4.69) is 9.71 Å². The molecule has 2 rings (SSSR count). The summed E-state index contributed by atoms with van der Waals surface area (Å²) in [6, 6.07) is 7.10. The molecule has 0 fully saturated rings. The summed E-state index contributed by atoms with van der Waals surface area (Å²) in [6.07, 6.45) is 3.39. The fourth-order valence-electron chi connectivity index (χ4n) is 2.14. The standard InChI is InChI=1S/C14H18N2O3S/c1-3-4-7-11-13(17)10-8-5-6-9-12(10)15-14(11)16-20(2,18)19/h5-6,8-9H,3-4,7H2,1-2H3,(H2,15,16,17). The van der Waals surface area contributed by atoms with E-state index in [1.54, 1.807) is 24.3 Å². The molecule has 108 valence electrons. The number of rotatable bonds is 5. The maximum Gasteiger partial charge on any atom is 0.230 e. The summed E-state index contributed by atoms with van der Waals surface area (Å²) in [5.41, 5.74) is 1.01. The van der Waals surface area contributed by atoms with Crippen molar-refractivity contribution >= 4 is 26.7 Å². The molecule has 0 amide bonds. The Morgan fingerprint density at radius 1 is 1.25 bits per heavy atom. The molecule has 0 spiro atoms. The first kappa shape index (κ1) is 14.6. The molecule has 0 radical (unpaired) electrons. The van der Waals surface area contributed by atoms with Crippen LogP contribution in [0.5, 0.6) is 0 Å². The Morgan fingerprint density at radius 3 is 2.60 bits per heavy atom. The molecule has 1 aromatic heterocycles. The third kappa shape index (κ3) is 3.19. The largest absolute Gasteiger partial charge is 0.340 e. The van der Waals surface area contributed by atoms with Crippen LogP contribution < -0.4 is 10.2 Å². The summed E-state index contributed by atoms with van der Waals surface area (Å²) >= 11 is 0. The molecular formula is C14H18N2O3S. The van der Waals surface area contributed by atoms with E-state index in [4.69, 9.17) is 0 Å². The number of aromatic nitrogens is 1. The monoisotopic (exact) mass is 294 g/mol. The zero-order valence-electron chi connectivity index (χ0n) is 11.6. The highest BCUT2D eigenvalue weighted by molar-refractivity contribution is 7.92. The van der Waals surface area contributed by atoms with Crippen LogP contribution in [-0.2, 0) is 16.4 Å². The van der Waals surface area contributed by atoms with Gasteiger partial charge >= 0.3 is 0 Å². The number of hydrogen-bond acceptors (Lipinski definition) is 3. The lowest BCUT2D eigenvalue weighted by Crippen LogP contribution is -2.19. The molecule has 6 heteroatoms. The average molecular weight is 294 g/mol. The van der Waals surface area contributed by atoms with Crippen LogP contribution >= 0.6 is 0 Å². The van der Waals surface area contributed by atoms with Gasteiger partial charge in [0.1, 0.15) is 5.82 Å². The summed E-state index contributed by atoms with van der Waals surface area (Å²) in [6.45, 7) is 2.03. The molecule has 0 aliphatic rings. The molecule has 5 nitrogen and oxygen atoms in total. The molecule has 1 heterocycles. The fourth-order valence-corrected chi connectivity index (χ4v) is 2.69. The lowest BCUT2D eigenvalue weighted by Gasteiger charge is -2.11. The van der Waals surface area contributed by atoms with Gasteiger partial charge in [-0.1, -0.05) is 25.5 Å². The lowest BCUT2D eigenvalue weighted by molar-refractivity contribution is 0.606. The molecular weight excluding hydrogens is 276 g/mol. The second-order valence-electron chi connectivity index (χ2n) is 4.83. The minimum atomic E-state index is -3.43. The van der Waals surface area contributed by atoms with E-state index < -0.39 is 10.0 Å². The van der Waals surface area contributed by atoms with Crippen molar-refractivity contribution < 1.29 is 8.42 Å². The smallest absolute Gasteiger partial charge is 0.230 e. The van der Waals surface area contributed by atoms with Crippen molar-refractivity contribution in [3.05, 3.63) is 40.1 Å². The number of pyridine rings is 1. The van der Waals surface area contributed by atoms with Crippen LogP contribution in [0.2, 0.25) is 0 Å². The Bertz CT molecular complexity index is 779. The predicted molar refractivity (Wildman–Crippen MR) is 81.6 cm³/mol. The maximum absolute atomic E-state index is 12.5. The number of hydrogen-bond donors (Lipinski definition) is 2. The lowest BCUT2D eigenvalue weighted by atomic mass is 10.1. The zero-order valence-corrected chi connectivity index (χ0v) is 12.4. The van der Waals surface area contributed by atoms with Crippen molar-refractivity contribution in [2.45, 2.75) is 26.2 Å². The van der Waals surface area contributed by atoms with Crippen molar-refractivity contribution in [2.75, 3.05) is 11.0 Å². The van der Waals surface area contributed by atoms with Gasteiger partial charge in [0.15, 0.2) is 5.43 Å². The Labute approximate surface area is 118 Å². The van der Waals surface area contributed by atoms with Crippen molar-refractivity contribution in [1.29, 1.82) is 0 Å². The first-order valence-electron chi connectivity index (χ1n) is 6.54. The summed E-state index contributed by atoms with van der Waals surface area (Å²) in [4.78, 5) is 15.5. The summed E-state index contributed by atoms with van der Waals surface area (Å²) in [5, 5.41) is 0.581. The van der Waals surface area contributed by atoms with Gasteiger partial charge in [-0.3, -0.25) is 9.52 Å². The maximum atomic E-state index is 12.5. The van der Waals surface area contributed by atoms with Crippen molar-refractivity contribution in [2.24, 2.45) is 0 Å². The quantitative estimate of drug-likeness (QED) is 0.887. The van der Waals surface area contributed by atoms with E-state index in [1.807, 2.05) is 6.92 Å². The molecule has 2 aromatic rings. The summed E-state index contributed by atoms with van der Waals surface area (Å²) < 4.78 is 25.3. The predicted octanol–water partition coefficient (Wildman–Crippen LogP) is 2.24. The fraction of sp³-hybridized carbons (Fsp3) is 0.357. The third-order valence-corrected chi connectivity index (χ3v) is 3.65. The zero-order chi connectivity index (χ0) is 14.8. The molecule has 2 N–H and O–H groups in total. The molecule has 0 saturated carbocycles. The van der Waals surface area contributed by atoms with Gasteiger partial charge < -0.3 is 4.98 Å². The molecule has 0 unspecified atom stereocenters. The van der Waals surface area contributed by atoms with Crippen LogP contribution in [0.1, 0.15) is 25.3 Å². The molecule has 1 aromatic carbocycles. The summed E-state index contributed by atoms with van der Waals surface area (Å²) in [7, 11) is -3.43. The topological polar surface area (TPSA) is 79.0 Å². The highest BCUT2D eigenvalue weighted by Gasteiger charge is 2.14. The van der Waals surface area contributed by atoms with E-state index in [1.165, 1.54) is 0 Å². The number of nitrogens with one attached hydrogen (secondary N) is 2. The molecule has 0 atom stereocenters. The summed E-state index contributed by atoms with van der Waals surface area (Å²) in [5.74, 6) is 0.282. The van der Waals surface area contributed by atoms with E-state index in [9.17, 15) is 13.2 Å². The molecule has 0 aliphatic carbocycles. The van der Waals surface area contributed by atoms with Gasteiger partial charge in [-0.25, -0.2) is 8.42 Å². The number of sulfonamides is 1. The van der Waals surface area contributed by atoms with Crippen LogP contribution in [0.4, 0.5) is 5.82 Å². The Balaban J connectivity index is 2.66. The van der Waals surface area contributed by atoms with Crippen LogP contribution in [0.15, 0.2) is 29.1 Å². The number of benzene rings is 1. The number of anilines is 1. The van der Waals surface area contributed by atoms with E-state index in [0.29, 0.717) is 22.9 Å². The van der Waals surface area contributed by atoms with Gasteiger partial charge in [0.05, 0.1) is 11.8 Å². The van der Waals surface area contributed by atoms with Gasteiger partial charge in [0.2, 0.25) is 10.0 Å². The number of aromatic amines is 1. The van der Waals surface area contributed by atoms with Crippen LogP contribution in [0, 0.1) is 0 Å². The number of para-hydroxylation sites is 1. The molecule has 0 bridgehead atoms. The van der Waals surface area contributed by atoms with Gasteiger partial charge in [0, 0.05) is 10.9 Å². The van der Waals surface area contributed by atoms with Crippen molar-refractivity contribution in [1.82, 2.24) is 4.98 Å². The highest BCUT2D eigenvalue weighted by atomic mass is 32.2. The first-order valence-corrected chi connectivity index (χ1v) is 8.43. The highest BCUT2D eigenvalue weighted by Crippen LogP contribution is 2.18. The normalized spacial score (nSPS) is 11.7. The van der Waals surface area contributed by atoms with Crippen molar-refractivity contribution in [3.8, 4) is 0 Å². The first-order chi connectivity index (χ1) is 9.42. The number of H-pyrrole nitrogens is 1. The Hall–Kier alpha value is -1.82. The average Bonchev–Trinajstić information content (AvgIpc) is 2.37. The SMILES string of the molecule is CCCCc1c(NS(C)(=O)=O)[nH]c2ccccc2c1=O. The van der Waals surface area contributed by atoms with E-state index in [0.717, 1.165) is 19.1 Å². The molecule has 0 aliphatic heterocycles. The van der Waals surface area contributed by atoms with Crippen LogP contribution in [0.3, 0.4) is 0 Å². The number of fused-ring (bicyclic) bond motifs is 1. The van der Waals surface area contributed by atoms with E-state index in [-0.39, 0.29) is 11.2 Å². The number of unbranched alkanes of at least 4 members (excludes halogenated alkanes) is 1. The minimum absolute atomic E-state index is 0.112. The molecule has 0 saturated heterocycles. The Kier molecular flexibility index (Phi) is 4.13. The molecule has 20 heavy (non-hydrogen) atoms. The van der Waals surface area contributed by atoms with Gasteiger partial charge in [-0.2, -0.15) is 0 Å². The second-order valence-corrected chi connectivity index (χ2v) is 6.58. The van der Waals surface area contributed by atoms with Gasteiger partial charge in [0.25, 0.3) is 0 Å². The van der Waals surface area contributed by atoms with E-state index >= 15 is 0 Å². The van der Waals surface area contributed by atoms with Gasteiger partial charge in [-0.05, 0) is 25.0 Å². The third-order valence-electron chi connectivity index (χ3n) is 3.08. The minimum Gasteiger partial charge on any atom is -0.340 e. The second kappa shape index (κ2) is 5.66. The van der Waals surface area contributed by atoms with Crippen LogP contribution in [0.25, 0.3) is 10.9 Å².